The Morgan fingerprint density at radius 1 is 1.35 bits per heavy atom. The average molecular weight is 360 g/mol. The highest BCUT2D eigenvalue weighted by Crippen LogP contribution is 2.25. The second-order valence-electron chi connectivity index (χ2n) is 5.83. The standard InChI is InChI=1S/C15H21N3O3S.ClH/c16-8-7-12-4-3-9-18(10-12)22(19,20)11-14-13-5-1-2-6-15(13)21-17-14;/h1-2,5-6,12H,3-4,7-11,16H2;1H. The Balaban J connectivity index is 0.00000192. The van der Waals surface area contributed by atoms with E-state index >= 15 is 0 Å². The molecule has 128 valence electrons. The van der Waals surface area contributed by atoms with E-state index in [0.29, 0.717) is 36.8 Å². The molecular formula is C15H22ClN3O3S. The fourth-order valence-electron chi connectivity index (χ4n) is 3.06. The van der Waals surface area contributed by atoms with E-state index in [4.69, 9.17) is 10.3 Å². The van der Waals surface area contributed by atoms with Crippen molar-refractivity contribution in [1.82, 2.24) is 9.46 Å². The molecule has 1 aromatic heterocycles. The van der Waals surface area contributed by atoms with Crippen LogP contribution in [-0.2, 0) is 15.8 Å². The Hall–Kier alpha value is -1.15. The maximum atomic E-state index is 12.7. The number of piperidine rings is 1. The van der Waals surface area contributed by atoms with Gasteiger partial charge in [-0.1, -0.05) is 17.3 Å². The SMILES string of the molecule is Cl.NCCC1CCCN(S(=O)(=O)Cc2noc3ccccc23)C1. The van der Waals surface area contributed by atoms with Gasteiger partial charge in [0, 0.05) is 18.5 Å². The summed E-state index contributed by atoms with van der Waals surface area (Å²) >= 11 is 0. The maximum absolute atomic E-state index is 12.7. The summed E-state index contributed by atoms with van der Waals surface area (Å²) in [4.78, 5) is 0. The van der Waals surface area contributed by atoms with Crippen LogP contribution in [-0.4, -0.2) is 37.5 Å². The summed E-state index contributed by atoms with van der Waals surface area (Å²) in [6, 6.07) is 7.32. The molecule has 2 heterocycles. The number of sulfonamides is 1. The van der Waals surface area contributed by atoms with E-state index in [1.807, 2.05) is 18.2 Å². The number of halogens is 1. The number of hydrogen-bond acceptors (Lipinski definition) is 5. The lowest BCUT2D eigenvalue weighted by atomic mass is 9.96. The van der Waals surface area contributed by atoms with Gasteiger partial charge in [0.1, 0.15) is 11.4 Å². The molecule has 0 amide bonds. The first-order valence-electron chi connectivity index (χ1n) is 7.61. The molecule has 1 saturated heterocycles. The molecule has 0 saturated carbocycles. The van der Waals surface area contributed by atoms with Crippen LogP contribution >= 0.6 is 12.4 Å². The van der Waals surface area contributed by atoms with Gasteiger partial charge in [-0.25, -0.2) is 12.7 Å². The zero-order chi connectivity index (χ0) is 15.6. The van der Waals surface area contributed by atoms with Gasteiger partial charge in [-0.2, -0.15) is 0 Å². The predicted molar refractivity (Wildman–Crippen MR) is 91.8 cm³/mol. The Bertz CT molecular complexity index is 745. The highest BCUT2D eigenvalue weighted by Gasteiger charge is 2.30. The molecule has 1 fully saturated rings. The second kappa shape index (κ2) is 7.61. The van der Waals surface area contributed by atoms with Crippen molar-refractivity contribution in [3.63, 3.8) is 0 Å². The lowest BCUT2D eigenvalue weighted by Gasteiger charge is -2.31. The van der Waals surface area contributed by atoms with Crippen molar-refractivity contribution in [3.05, 3.63) is 30.0 Å². The van der Waals surface area contributed by atoms with Crippen LogP contribution in [0.5, 0.6) is 0 Å². The molecule has 8 heteroatoms. The van der Waals surface area contributed by atoms with Gasteiger partial charge in [-0.15, -0.1) is 12.4 Å². The van der Waals surface area contributed by atoms with Gasteiger partial charge in [0.2, 0.25) is 10.0 Å². The van der Waals surface area contributed by atoms with Crippen molar-refractivity contribution in [2.45, 2.75) is 25.0 Å². The first-order valence-corrected chi connectivity index (χ1v) is 9.22. The van der Waals surface area contributed by atoms with Crippen molar-refractivity contribution in [1.29, 1.82) is 0 Å². The number of benzene rings is 1. The van der Waals surface area contributed by atoms with Crippen LogP contribution < -0.4 is 5.73 Å². The average Bonchev–Trinajstić information content (AvgIpc) is 2.91. The number of para-hydroxylation sites is 1. The number of hydrogen-bond donors (Lipinski definition) is 1. The fourth-order valence-corrected chi connectivity index (χ4v) is 4.64. The van der Waals surface area contributed by atoms with Gasteiger partial charge in [0.15, 0.2) is 5.58 Å². The van der Waals surface area contributed by atoms with Crippen LogP contribution in [0.1, 0.15) is 25.0 Å². The Kier molecular flexibility index (Phi) is 6.02. The van der Waals surface area contributed by atoms with Crippen LogP contribution in [0.4, 0.5) is 0 Å². The zero-order valence-corrected chi connectivity index (χ0v) is 14.5. The molecule has 2 aromatic rings. The first-order chi connectivity index (χ1) is 10.6. The molecular weight excluding hydrogens is 338 g/mol. The van der Waals surface area contributed by atoms with Gasteiger partial charge in [0.25, 0.3) is 0 Å². The Morgan fingerprint density at radius 2 is 2.13 bits per heavy atom. The van der Waals surface area contributed by atoms with Gasteiger partial charge in [-0.3, -0.25) is 0 Å². The van der Waals surface area contributed by atoms with E-state index in [9.17, 15) is 8.42 Å². The summed E-state index contributed by atoms with van der Waals surface area (Å²) in [5.74, 6) is 0.252. The van der Waals surface area contributed by atoms with E-state index < -0.39 is 10.0 Å². The van der Waals surface area contributed by atoms with E-state index in [1.165, 1.54) is 0 Å². The van der Waals surface area contributed by atoms with E-state index in [0.717, 1.165) is 24.6 Å². The molecule has 1 atom stereocenters. The third-order valence-electron chi connectivity index (χ3n) is 4.22. The molecule has 1 unspecified atom stereocenters. The van der Waals surface area contributed by atoms with Crippen LogP contribution in [0.25, 0.3) is 11.0 Å². The summed E-state index contributed by atoms with van der Waals surface area (Å²) in [6.07, 6.45) is 2.82. The summed E-state index contributed by atoms with van der Waals surface area (Å²) < 4.78 is 32.1. The Morgan fingerprint density at radius 3 is 2.91 bits per heavy atom. The highest BCUT2D eigenvalue weighted by molar-refractivity contribution is 7.88. The first kappa shape index (κ1) is 18.2. The molecule has 1 aromatic carbocycles. The minimum atomic E-state index is -3.38. The minimum Gasteiger partial charge on any atom is -0.356 e. The van der Waals surface area contributed by atoms with E-state index in [2.05, 4.69) is 5.16 Å². The lowest BCUT2D eigenvalue weighted by Crippen LogP contribution is -2.41. The normalized spacial score (nSPS) is 19.6. The lowest BCUT2D eigenvalue weighted by molar-refractivity contribution is 0.258. The quantitative estimate of drug-likeness (QED) is 0.883. The summed E-state index contributed by atoms with van der Waals surface area (Å²) in [5.41, 5.74) is 6.70. The van der Waals surface area contributed by atoms with Crippen molar-refractivity contribution < 1.29 is 12.9 Å². The van der Waals surface area contributed by atoms with Crippen molar-refractivity contribution in [2.75, 3.05) is 19.6 Å². The summed E-state index contributed by atoms with van der Waals surface area (Å²) in [7, 11) is -3.38. The van der Waals surface area contributed by atoms with Gasteiger partial charge in [0.05, 0.1) is 0 Å². The monoisotopic (exact) mass is 359 g/mol. The van der Waals surface area contributed by atoms with Crippen LogP contribution in [0, 0.1) is 5.92 Å². The smallest absolute Gasteiger partial charge is 0.220 e. The van der Waals surface area contributed by atoms with E-state index in [1.54, 1.807) is 10.4 Å². The molecule has 0 bridgehead atoms. The van der Waals surface area contributed by atoms with Crippen LogP contribution in [0.2, 0.25) is 0 Å². The van der Waals surface area contributed by atoms with Crippen molar-refractivity contribution in [2.24, 2.45) is 11.7 Å². The molecule has 1 aliphatic rings. The summed E-state index contributed by atoms with van der Waals surface area (Å²) in [6.45, 7) is 1.75. The molecule has 0 radical (unpaired) electrons. The molecule has 0 aliphatic carbocycles. The zero-order valence-electron chi connectivity index (χ0n) is 12.8. The summed E-state index contributed by atoms with van der Waals surface area (Å²) in [5, 5.41) is 4.70. The third kappa shape index (κ3) is 4.03. The predicted octanol–water partition coefficient (Wildman–Crippen LogP) is 2.14. The molecule has 3 rings (SSSR count). The van der Waals surface area contributed by atoms with Gasteiger partial charge < -0.3 is 10.3 Å². The number of rotatable bonds is 5. The van der Waals surface area contributed by atoms with Crippen LogP contribution in [0.3, 0.4) is 0 Å². The number of nitrogens with two attached hydrogens (primary N) is 1. The Labute approximate surface area is 142 Å². The van der Waals surface area contributed by atoms with E-state index in [-0.39, 0.29) is 18.2 Å². The third-order valence-corrected chi connectivity index (χ3v) is 5.98. The number of aromatic nitrogens is 1. The fraction of sp³-hybridized carbons (Fsp3) is 0.533. The molecule has 23 heavy (non-hydrogen) atoms. The molecule has 1 aliphatic heterocycles. The molecule has 0 spiro atoms. The van der Waals surface area contributed by atoms with Gasteiger partial charge >= 0.3 is 0 Å². The van der Waals surface area contributed by atoms with Crippen molar-refractivity contribution in [3.8, 4) is 0 Å². The molecule has 6 nitrogen and oxygen atoms in total. The number of nitrogens with zero attached hydrogens (tertiary/aromatic N) is 2. The van der Waals surface area contributed by atoms with Crippen LogP contribution in [0.15, 0.2) is 28.8 Å². The highest BCUT2D eigenvalue weighted by atomic mass is 35.5. The topological polar surface area (TPSA) is 89.4 Å². The maximum Gasteiger partial charge on any atom is 0.220 e. The number of fused-ring (bicyclic) bond motifs is 1. The molecule has 2 N–H and O–H groups in total. The largest absolute Gasteiger partial charge is 0.356 e. The van der Waals surface area contributed by atoms with Gasteiger partial charge in [-0.05, 0) is 43.9 Å². The van der Waals surface area contributed by atoms with Crippen molar-refractivity contribution >= 4 is 33.4 Å². The second-order valence-corrected chi connectivity index (χ2v) is 7.79. The minimum absolute atomic E-state index is 0.